The fourth-order valence-corrected chi connectivity index (χ4v) is 1.87. The molecule has 17 heavy (non-hydrogen) atoms. The summed E-state index contributed by atoms with van der Waals surface area (Å²) in [7, 11) is 0. The SMILES string of the molecule is CCCCCc1cc(OCC)ccc1OCC. The van der Waals surface area contributed by atoms with Crippen molar-refractivity contribution in [3.63, 3.8) is 0 Å². The Balaban J connectivity index is 2.74. The maximum absolute atomic E-state index is 5.65. The quantitative estimate of drug-likeness (QED) is 0.629. The molecule has 0 heterocycles. The molecule has 2 nitrogen and oxygen atoms in total. The molecular weight excluding hydrogens is 212 g/mol. The lowest BCUT2D eigenvalue weighted by atomic mass is 10.1. The Bertz CT molecular complexity index is 321. The summed E-state index contributed by atoms with van der Waals surface area (Å²) in [6.45, 7) is 7.68. The standard InChI is InChI=1S/C15H24O2/c1-4-7-8-9-13-12-14(16-5-2)10-11-15(13)17-6-3/h10-12H,4-9H2,1-3H3. The van der Waals surface area contributed by atoms with Crippen LogP contribution in [0, 0.1) is 0 Å². The first-order valence-corrected chi connectivity index (χ1v) is 6.70. The van der Waals surface area contributed by atoms with Crippen LogP contribution in [-0.2, 0) is 6.42 Å². The topological polar surface area (TPSA) is 18.5 Å². The summed E-state index contributed by atoms with van der Waals surface area (Å²) < 4.78 is 11.2. The van der Waals surface area contributed by atoms with Crippen molar-refractivity contribution in [2.45, 2.75) is 46.5 Å². The van der Waals surface area contributed by atoms with Gasteiger partial charge in [-0.2, -0.15) is 0 Å². The molecule has 2 heteroatoms. The molecule has 0 radical (unpaired) electrons. The molecule has 0 N–H and O–H groups in total. The van der Waals surface area contributed by atoms with Gasteiger partial charge in [0, 0.05) is 0 Å². The summed E-state index contributed by atoms with van der Waals surface area (Å²) in [5, 5.41) is 0. The van der Waals surface area contributed by atoms with Gasteiger partial charge in [0.2, 0.25) is 0 Å². The van der Waals surface area contributed by atoms with E-state index >= 15 is 0 Å². The molecule has 0 saturated heterocycles. The molecule has 0 spiro atoms. The van der Waals surface area contributed by atoms with Crippen LogP contribution in [0.2, 0.25) is 0 Å². The van der Waals surface area contributed by atoms with Crippen molar-refractivity contribution in [2.75, 3.05) is 13.2 Å². The van der Waals surface area contributed by atoms with Gasteiger partial charge in [-0.05, 0) is 50.5 Å². The van der Waals surface area contributed by atoms with Crippen LogP contribution in [0.1, 0.15) is 45.6 Å². The molecule has 96 valence electrons. The normalized spacial score (nSPS) is 10.3. The van der Waals surface area contributed by atoms with Crippen LogP contribution in [0.4, 0.5) is 0 Å². The fraction of sp³-hybridized carbons (Fsp3) is 0.600. The predicted octanol–water partition coefficient (Wildman–Crippen LogP) is 4.22. The van der Waals surface area contributed by atoms with Crippen molar-refractivity contribution in [1.29, 1.82) is 0 Å². The van der Waals surface area contributed by atoms with Gasteiger partial charge < -0.3 is 9.47 Å². The first-order valence-electron chi connectivity index (χ1n) is 6.70. The molecule has 0 aromatic heterocycles. The van der Waals surface area contributed by atoms with Gasteiger partial charge in [-0.1, -0.05) is 19.8 Å². The zero-order valence-corrected chi connectivity index (χ0v) is 11.3. The van der Waals surface area contributed by atoms with Crippen LogP contribution in [0.15, 0.2) is 18.2 Å². The molecule has 0 aliphatic rings. The van der Waals surface area contributed by atoms with Crippen molar-refractivity contribution < 1.29 is 9.47 Å². The first kappa shape index (κ1) is 13.9. The zero-order valence-electron chi connectivity index (χ0n) is 11.3. The minimum Gasteiger partial charge on any atom is -0.494 e. The fourth-order valence-electron chi connectivity index (χ4n) is 1.87. The number of unbranched alkanes of at least 4 members (excludes halogenated alkanes) is 2. The second kappa shape index (κ2) is 7.99. The lowest BCUT2D eigenvalue weighted by Crippen LogP contribution is -1.99. The van der Waals surface area contributed by atoms with Crippen molar-refractivity contribution in [1.82, 2.24) is 0 Å². The highest BCUT2D eigenvalue weighted by atomic mass is 16.5. The van der Waals surface area contributed by atoms with E-state index in [1.807, 2.05) is 26.0 Å². The van der Waals surface area contributed by atoms with Crippen LogP contribution in [0.25, 0.3) is 0 Å². The summed E-state index contributed by atoms with van der Waals surface area (Å²) in [6, 6.07) is 6.12. The number of rotatable bonds is 8. The molecule has 0 atom stereocenters. The van der Waals surface area contributed by atoms with Gasteiger partial charge in [0.05, 0.1) is 13.2 Å². The second-order valence-corrected chi connectivity index (χ2v) is 4.09. The van der Waals surface area contributed by atoms with Gasteiger partial charge >= 0.3 is 0 Å². The molecule has 1 rings (SSSR count). The van der Waals surface area contributed by atoms with Crippen molar-refractivity contribution in [2.24, 2.45) is 0 Å². The van der Waals surface area contributed by atoms with Crippen LogP contribution < -0.4 is 9.47 Å². The zero-order chi connectivity index (χ0) is 12.5. The van der Waals surface area contributed by atoms with Crippen molar-refractivity contribution >= 4 is 0 Å². The number of benzene rings is 1. The molecule has 0 saturated carbocycles. The lowest BCUT2D eigenvalue weighted by Gasteiger charge is -2.12. The average molecular weight is 236 g/mol. The number of aryl methyl sites for hydroxylation is 1. The largest absolute Gasteiger partial charge is 0.494 e. The molecular formula is C15H24O2. The van der Waals surface area contributed by atoms with E-state index in [1.54, 1.807) is 0 Å². The van der Waals surface area contributed by atoms with Crippen molar-refractivity contribution in [3.05, 3.63) is 23.8 Å². The molecule has 0 amide bonds. The maximum Gasteiger partial charge on any atom is 0.122 e. The van der Waals surface area contributed by atoms with E-state index in [9.17, 15) is 0 Å². The smallest absolute Gasteiger partial charge is 0.122 e. The predicted molar refractivity (Wildman–Crippen MR) is 72.0 cm³/mol. The third-order valence-electron chi connectivity index (χ3n) is 2.69. The highest BCUT2D eigenvalue weighted by molar-refractivity contribution is 5.40. The number of hydrogen-bond acceptors (Lipinski definition) is 2. The number of ether oxygens (including phenoxy) is 2. The Morgan fingerprint density at radius 2 is 1.71 bits per heavy atom. The van der Waals surface area contributed by atoms with E-state index in [0.29, 0.717) is 6.61 Å². The van der Waals surface area contributed by atoms with Gasteiger partial charge in [0.1, 0.15) is 11.5 Å². The summed E-state index contributed by atoms with van der Waals surface area (Å²) in [5.74, 6) is 1.95. The summed E-state index contributed by atoms with van der Waals surface area (Å²) >= 11 is 0. The third kappa shape index (κ3) is 4.68. The maximum atomic E-state index is 5.65. The molecule has 1 aromatic carbocycles. The van der Waals surface area contributed by atoms with Crippen molar-refractivity contribution in [3.8, 4) is 11.5 Å². The Hall–Kier alpha value is -1.18. The Kier molecular flexibility index (Phi) is 6.53. The van der Waals surface area contributed by atoms with E-state index in [-0.39, 0.29) is 0 Å². The van der Waals surface area contributed by atoms with E-state index < -0.39 is 0 Å². The summed E-state index contributed by atoms with van der Waals surface area (Å²) in [6.07, 6.45) is 4.80. The minimum absolute atomic E-state index is 0.711. The van der Waals surface area contributed by atoms with E-state index in [1.165, 1.54) is 24.8 Å². The Morgan fingerprint density at radius 1 is 0.941 bits per heavy atom. The monoisotopic (exact) mass is 236 g/mol. The van der Waals surface area contributed by atoms with Gasteiger partial charge in [0.25, 0.3) is 0 Å². The summed E-state index contributed by atoms with van der Waals surface area (Å²) in [5.41, 5.74) is 1.27. The summed E-state index contributed by atoms with van der Waals surface area (Å²) in [4.78, 5) is 0. The third-order valence-corrected chi connectivity index (χ3v) is 2.69. The molecule has 0 aliphatic heterocycles. The number of hydrogen-bond donors (Lipinski definition) is 0. The highest BCUT2D eigenvalue weighted by Gasteiger charge is 2.05. The molecule has 0 unspecified atom stereocenters. The van der Waals surface area contributed by atoms with E-state index in [0.717, 1.165) is 24.5 Å². The highest BCUT2D eigenvalue weighted by Crippen LogP contribution is 2.26. The Labute approximate surface area is 105 Å². The molecule has 0 aliphatic carbocycles. The first-order chi connectivity index (χ1) is 8.31. The van der Waals surface area contributed by atoms with Crippen LogP contribution >= 0.6 is 0 Å². The van der Waals surface area contributed by atoms with E-state index in [4.69, 9.17) is 9.47 Å². The molecule has 0 fully saturated rings. The van der Waals surface area contributed by atoms with Gasteiger partial charge in [0.15, 0.2) is 0 Å². The molecule has 1 aromatic rings. The van der Waals surface area contributed by atoms with Gasteiger partial charge in [-0.25, -0.2) is 0 Å². The average Bonchev–Trinajstić information content (AvgIpc) is 2.33. The van der Waals surface area contributed by atoms with Gasteiger partial charge in [-0.3, -0.25) is 0 Å². The van der Waals surface area contributed by atoms with E-state index in [2.05, 4.69) is 13.0 Å². The Morgan fingerprint density at radius 3 is 2.35 bits per heavy atom. The van der Waals surface area contributed by atoms with Crippen LogP contribution in [0.3, 0.4) is 0 Å². The minimum atomic E-state index is 0.711. The van der Waals surface area contributed by atoms with Crippen LogP contribution in [-0.4, -0.2) is 13.2 Å². The van der Waals surface area contributed by atoms with Crippen LogP contribution in [0.5, 0.6) is 11.5 Å². The second-order valence-electron chi connectivity index (χ2n) is 4.09. The molecule has 0 bridgehead atoms. The van der Waals surface area contributed by atoms with Gasteiger partial charge in [-0.15, -0.1) is 0 Å². The lowest BCUT2D eigenvalue weighted by molar-refractivity contribution is 0.327.